The van der Waals surface area contributed by atoms with Gasteiger partial charge in [0.2, 0.25) is 9.84 Å². The molecule has 3 N–H and O–H groups in total. The zero-order chi connectivity index (χ0) is 26.4. The number of aliphatic hydroxyl groups is 1. The van der Waals surface area contributed by atoms with Gasteiger partial charge < -0.3 is 15.5 Å². The molecule has 37 heavy (non-hydrogen) atoms. The molecular weight excluding hydrogens is 510 g/mol. The van der Waals surface area contributed by atoms with Crippen LogP contribution in [0.4, 0.5) is 0 Å². The van der Waals surface area contributed by atoms with E-state index in [0.29, 0.717) is 35.7 Å². The molecule has 0 bridgehead atoms. The van der Waals surface area contributed by atoms with Crippen molar-refractivity contribution in [2.45, 2.75) is 22.3 Å². The predicted octanol–water partition coefficient (Wildman–Crippen LogP) is 5.40. The Bertz CT molecular complexity index is 1500. The first kappa shape index (κ1) is 26.6. The Hall–Kier alpha value is -3.49. The van der Waals surface area contributed by atoms with E-state index >= 15 is 0 Å². The monoisotopic (exact) mass is 535 g/mol. The molecule has 0 fully saturated rings. The van der Waals surface area contributed by atoms with Crippen LogP contribution in [0.2, 0.25) is 5.02 Å². The number of hydrogen-bond acceptors (Lipinski definition) is 5. The maximum absolute atomic E-state index is 13.3. The fourth-order valence-corrected chi connectivity index (χ4v) is 5.45. The molecule has 0 aliphatic rings. The number of carbonyl (C=O) groups is 1. The van der Waals surface area contributed by atoms with E-state index in [1.54, 1.807) is 72.8 Å². The van der Waals surface area contributed by atoms with Crippen LogP contribution in [0.25, 0.3) is 11.1 Å². The molecule has 0 spiro atoms. The highest BCUT2D eigenvalue weighted by Gasteiger charge is 2.18. The van der Waals surface area contributed by atoms with Crippen LogP contribution in [0.15, 0.2) is 107 Å². The molecular formula is C29H26ClNO5S. The van der Waals surface area contributed by atoms with Crippen molar-refractivity contribution in [1.29, 1.82) is 0 Å². The van der Waals surface area contributed by atoms with Crippen molar-refractivity contribution in [3.8, 4) is 11.1 Å². The van der Waals surface area contributed by atoms with Gasteiger partial charge in [-0.3, -0.25) is 0 Å². The summed E-state index contributed by atoms with van der Waals surface area (Å²) >= 11 is 5.97. The predicted molar refractivity (Wildman–Crippen MR) is 144 cm³/mol. The van der Waals surface area contributed by atoms with Crippen LogP contribution >= 0.6 is 11.6 Å². The Morgan fingerprint density at radius 3 is 2.22 bits per heavy atom. The maximum Gasteiger partial charge on any atom is 0.335 e. The van der Waals surface area contributed by atoms with Gasteiger partial charge in [-0.15, -0.1) is 0 Å². The van der Waals surface area contributed by atoms with Crippen LogP contribution in [0.3, 0.4) is 0 Å². The lowest BCUT2D eigenvalue weighted by Crippen LogP contribution is -2.23. The van der Waals surface area contributed by atoms with Gasteiger partial charge in [0.15, 0.2) is 0 Å². The second kappa shape index (κ2) is 11.7. The number of aromatic carboxylic acids is 1. The van der Waals surface area contributed by atoms with E-state index in [4.69, 9.17) is 11.6 Å². The maximum atomic E-state index is 13.3. The molecule has 4 aromatic rings. The summed E-state index contributed by atoms with van der Waals surface area (Å²) in [6.07, 6.45) is -0.00793. The minimum Gasteiger partial charge on any atom is -0.478 e. The highest BCUT2D eigenvalue weighted by molar-refractivity contribution is 7.91. The average Bonchev–Trinajstić information content (AvgIpc) is 2.91. The first-order valence-corrected chi connectivity index (χ1v) is 13.5. The molecule has 0 radical (unpaired) electrons. The first-order chi connectivity index (χ1) is 17.7. The Labute approximate surface area is 221 Å². The first-order valence-electron chi connectivity index (χ1n) is 11.7. The van der Waals surface area contributed by atoms with Crippen molar-refractivity contribution in [3.63, 3.8) is 0 Å². The van der Waals surface area contributed by atoms with Gasteiger partial charge in [-0.2, -0.15) is 0 Å². The topological polar surface area (TPSA) is 104 Å². The van der Waals surface area contributed by atoms with Crippen LogP contribution in [-0.4, -0.2) is 37.7 Å². The lowest BCUT2D eigenvalue weighted by atomic mass is 10.0. The van der Waals surface area contributed by atoms with Gasteiger partial charge in [0, 0.05) is 11.6 Å². The van der Waals surface area contributed by atoms with E-state index < -0.39 is 21.9 Å². The van der Waals surface area contributed by atoms with Gasteiger partial charge in [-0.05, 0) is 83.8 Å². The van der Waals surface area contributed by atoms with Crippen molar-refractivity contribution in [1.82, 2.24) is 5.32 Å². The molecule has 6 nitrogen and oxygen atoms in total. The van der Waals surface area contributed by atoms with Crippen molar-refractivity contribution in [3.05, 3.63) is 119 Å². The number of nitrogens with one attached hydrogen (secondary N) is 1. The summed E-state index contributed by atoms with van der Waals surface area (Å²) < 4.78 is 26.5. The highest BCUT2D eigenvalue weighted by atomic mass is 35.5. The third-order valence-corrected chi connectivity index (χ3v) is 7.98. The number of aliphatic hydroxyl groups excluding tert-OH is 1. The van der Waals surface area contributed by atoms with Gasteiger partial charge in [0.05, 0.1) is 21.5 Å². The van der Waals surface area contributed by atoms with E-state index in [9.17, 15) is 23.4 Å². The summed E-state index contributed by atoms with van der Waals surface area (Å²) in [7, 11) is -3.76. The largest absolute Gasteiger partial charge is 0.478 e. The van der Waals surface area contributed by atoms with Gasteiger partial charge in [-0.25, -0.2) is 13.2 Å². The third kappa shape index (κ3) is 6.64. The fourth-order valence-electron chi connectivity index (χ4n) is 3.95. The molecule has 0 aliphatic heterocycles. The van der Waals surface area contributed by atoms with Crippen molar-refractivity contribution >= 4 is 27.4 Å². The average molecular weight is 536 g/mol. The van der Waals surface area contributed by atoms with Crippen LogP contribution in [0.1, 0.15) is 27.6 Å². The highest BCUT2D eigenvalue weighted by Crippen LogP contribution is 2.27. The van der Waals surface area contributed by atoms with Crippen molar-refractivity contribution in [2.75, 3.05) is 13.1 Å². The minimum atomic E-state index is -3.76. The van der Waals surface area contributed by atoms with Crippen LogP contribution in [0, 0.1) is 0 Å². The summed E-state index contributed by atoms with van der Waals surface area (Å²) in [5.74, 6) is -1.04. The SMILES string of the molecule is O=C(O)c1cccc(-c2cccc(S(=O)(=O)c3ccc(CCNCC(O)c4cccc(Cl)c4)cc3)c2)c1. The molecule has 0 amide bonds. The second-order valence-corrected chi connectivity index (χ2v) is 11.0. The lowest BCUT2D eigenvalue weighted by Gasteiger charge is -2.13. The van der Waals surface area contributed by atoms with Crippen molar-refractivity contribution in [2.24, 2.45) is 0 Å². The summed E-state index contributed by atoms with van der Waals surface area (Å²) in [4.78, 5) is 11.6. The van der Waals surface area contributed by atoms with Gasteiger partial charge in [-0.1, -0.05) is 60.1 Å². The number of carboxylic acid groups (broad SMARTS) is 1. The number of rotatable bonds is 10. The number of benzene rings is 4. The Balaban J connectivity index is 1.40. The lowest BCUT2D eigenvalue weighted by molar-refractivity contribution is 0.0697. The Kier molecular flexibility index (Phi) is 8.41. The van der Waals surface area contributed by atoms with Crippen molar-refractivity contribution < 1.29 is 23.4 Å². The van der Waals surface area contributed by atoms with Gasteiger partial charge in [0.1, 0.15) is 0 Å². The van der Waals surface area contributed by atoms with E-state index in [-0.39, 0.29) is 15.4 Å². The quantitative estimate of drug-likeness (QED) is 0.235. The zero-order valence-corrected chi connectivity index (χ0v) is 21.4. The number of halogens is 1. The smallest absolute Gasteiger partial charge is 0.335 e. The molecule has 0 aliphatic carbocycles. The van der Waals surface area contributed by atoms with E-state index in [0.717, 1.165) is 11.1 Å². The molecule has 0 saturated carbocycles. The fraction of sp³-hybridized carbons (Fsp3) is 0.138. The third-order valence-electron chi connectivity index (χ3n) is 5.98. The van der Waals surface area contributed by atoms with E-state index in [1.807, 2.05) is 6.07 Å². The summed E-state index contributed by atoms with van der Waals surface area (Å²) in [6.45, 7) is 0.986. The molecule has 4 rings (SSSR count). The standard InChI is InChI=1S/C29H26ClNO5S/c30-25-8-2-6-23(17-25)28(32)19-31-15-14-20-10-12-26(13-11-20)37(35,36)27-9-3-5-22(18-27)21-4-1-7-24(16-21)29(33)34/h1-13,16-18,28,31-32H,14-15,19H2,(H,33,34). The molecule has 190 valence electrons. The van der Waals surface area contributed by atoms with Gasteiger partial charge in [0.25, 0.3) is 0 Å². The normalized spacial score (nSPS) is 12.3. The van der Waals surface area contributed by atoms with Crippen LogP contribution in [-0.2, 0) is 16.3 Å². The summed E-state index contributed by atoms with van der Waals surface area (Å²) in [6, 6.07) is 26.7. The van der Waals surface area contributed by atoms with E-state index in [2.05, 4.69) is 5.32 Å². The number of hydrogen-bond donors (Lipinski definition) is 3. The summed E-state index contributed by atoms with van der Waals surface area (Å²) in [5.41, 5.74) is 3.08. The molecule has 0 aromatic heterocycles. The number of sulfone groups is 1. The van der Waals surface area contributed by atoms with Crippen LogP contribution < -0.4 is 5.32 Å². The Morgan fingerprint density at radius 1 is 0.838 bits per heavy atom. The molecule has 4 aromatic carbocycles. The molecule has 1 atom stereocenters. The summed E-state index contributed by atoms with van der Waals surface area (Å²) in [5, 5.41) is 23.3. The molecule has 1 unspecified atom stereocenters. The molecule has 0 heterocycles. The van der Waals surface area contributed by atoms with Crippen LogP contribution in [0.5, 0.6) is 0 Å². The van der Waals surface area contributed by atoms with E-state index in [1.165, 1.54) is 18.2 Å². The number of carboxylic acids is 1. The van der Waals surface area contributed by atoms with Gasteiger partial charge >= 0.3 is 5.97 Å². The zero-order valence-electron chi connectivity index (χ0n) is 19.8. The second-order valence-electron chi connectivity index (χ2n) is 8.59. The Morgan fingerprint density at radius 2 is 1.51 bits per heavy atom. The molecule has 8 heteroatoms. The molecule has 0 saturated heterocycles. The minimum absolute atomic E-state index is 0.134.